The molecular weight excluding hydrogens is 316 g/mol. The van der Waals surface area contributed by atoms with Gasteiger partial charge in [0.05, 0.1) is 5.92 Å². The number of hydrogen-bond acceptors (Lipinski definition) is 2. The first kappa shape index (κ1) is 17.8. The molecule has 3 rings (SSSR count). The van der Waals surface area contributed by atoms with Crippen LogP contribution in [0, 0.1) is 12.8 Å². The van der Waals surface area contributed by atoms with Crippen molar-refractivity contribution in [2.45, 2.75) is 50.9 Å². The fraction of sp³-hybridized carbons (Fsp3) is 0.600. The van der Waals surface area contributed by atoms with Crippen LogP contribution in [0.1, 0.15) is 49.7 Å². The minimum Gasteiger partial charge on any atom is -0.481 e. The van der Waals surface area contributed by atoms with Gasteiger partial charge in [-0.1, -0.05) is 42.7 Å². The molecule has 1 heterocycles. The van der Waals surface area contributed by atoms with Crippen LogP contribution in [-0.4, -0.2) is 41.6 Å². The standard InChI is InChI=1S/C20H28N2O3/c1-15-5-4-6-17(13-15)20(9-2-3-10-20)14-21-19(25)22-11-7-16(8-12-22)18(23)24/h4-6,13,16H,2-3,7-12,14H2,1H3,(H,21,25)(H,23,24). The van der Waals surface area contributed by atoms with E-state index in [0.29, 0.717) is 32.5 Å². The first-order valence-corrected chi connectivity index (χ1v) is 9.33. The first-order chi connectivity index (χ1) is 12.0. The number of rotatable bonds is 4. The van der Waals surface area contributed by atoms with Gasteiger partial charge in [-0.25, -0.2) is 4.79 Å². The zero-order valence-electron chi connectivity index (χ0n) is 15.0. The number of carboxylic acid groups (broad SMARTS) is 1. The van der Waals surface area contributed by atoms with E-state index in [1.807, 2.05) is 0 Å². The summed E-state index contributed by atoms with van der Waals surface area (Å²) in [7, 11) is 0. The van der Waals surface area contributed by atoms with Gasteiger partial charge < -0.3 is 15.3 Å². The van der Waals surface area contributed by atoms with Crippen LogP contribution in [0.2, 0.25) is 0 Å². The van der Waals surface area contributed by atoms with Gasteiger partial charge in [0, 0.05) is 25.0 Å². The number of nitrogens with zero attached hydrogens (tertiary/aromatic N) is 1. The number of aliphatic carboxylic acids is 1. The van der Waals surface area contributed by atoms with E-state index < -0.39 is 5.97 Å². The molecule has 1 aromatic carbocycles. The molecule has 1 aromatic rings. The Balaban J connectivity index is 1.61. The average Bonchev–Trinajstić information content (AvgIpc) is 3.10. The van der Waals surface area contributed by atoms with Gasteiger partial charge in [-0.05, 0) is 38.2 Å². The Morgan fingerprint density at radius 3 is 2.52 bits per heavy atom. The smallest absolute Gasteiger partial charge is 0.317 e. The fourth-order valence-electron chi connectivity index (χ4n) is 4.28. The van der Waals surface area contributed by atoms with Crippen LogP contribution < -0.4 is 5.32 Å². The number of carbonyl (C=O) groups is 2. The van der Waals surface area contributed by atoms with Crippen LogP contribution >= 0.6 is 0 Å². The van der Waals surface area contributed by atoms with Crippen molar-refractivity contribution in [3.63, 3.8) is 0 Å². The summed E-state index contributed by atoms with van der Waals surface area (Å²) in [6.45, 7) is 3.83. The zero-order valence-corrected chi connectivity index (χ0v) is 15.0. The van der Waals surface area contributed by atoms with E-state index in [4.69, 9.17) is 5.11 Å². The van der Waals surface area contributed by atoms with Crippen molar-refractivity contribution in [3.8, 4) is 0 Å². The highest BCUT2D eigenvalue weighted by Gasteiger charge is 2.36. The van der Waals surface area contributed by atoms with E-state index >= 15 is 0 Å². The molecule has 2 fully saturated rings. The maximum atomic E-state index is 12.5. The number of carbonyl (C=O) groups excluding carboxylic acids is 1. The largest absolute Gasteiger partial charge is 0.481 e. The average molecular weight is 344 g/mol. The summed E-state index contributed by atoms with van der Waals surface area (Å²) in [6, 6.07) is 8.59. The topological polar surface area (TPSA) is 69.6 Å². The number of piperidine rings is 1. The lowest BCUT2D eigenvalue weighted by molar-refractivity contribution is -0.143. The molecule has 0 bridgehead atoms. The number of carboxylic acids is 1. The Hall–Kier alpha value is -2.04. The lowest BCUT2D eigenvalue weighted by Crippen LogP contribution is -2.48. The minimum atomic E-state index is -0.746. The third kappa shape index (κ3) is 3.97. The van der Waals surface area contributed by atoms with Crippen molar-refractivity contribution in [3.05, 3.63) is 35.4 Å². The van der Waals surface area contributed by atoms with Crippen molar-refractivity contribution in [1.29, 1.82) is 0 Å². The summed E-state index contributed by atoms with van der Waals surface area (Å²) in [5.74, 6) is -1.05. The van der Waals surface area contributed by atoms with Crippen LogP contribution in [0.15, 0.2) is 24.3 Å². The summed E-state index contributed by atoms with van der Waals surface area (Å²) >= 11 is 0. The van der Waals surface area contributed by atoms with E-state index in [2.05, 4.69) is 36.5 Å². The summed E-state index contributed by atoms with van der Waals surface area (Å²) in [5.41, 5.74) is 2.63. The van der Waals surface area contributed by atoms with Crippen molar-refractivity contribution in [2.75, 3.05) is 19.6 Å². The molecular formula is C20H28N2O3. The molecule has 2 amide bonds. The SMILES string of the molecule is Cc1cccc(C2(CNC(=O)N3CCC(C(=O)O)CC3)CCCC2)c1. The number of urea groups is 1. The lowest BCUT2D eigenvalue weighted by atomic mass is 9.78. The van der Waals surface area contributed by atoms with Gasteiger partial charge >= 0.3 is 12.0 Å². The molecule has 0 unspecified atom stereocenters. The molecule has 0 spiro atoms. The van der Waals surface area contributed by atoms with E-state index in [0.717, 1.165) is 12.8 Å². The number of hydrogen-bond donors (Lipinski definition) is 2. The molecule has 1 saturated heterocycles. The number of likely N-dealkylation sites (tertiary alicyclic amines) is 1. The molecule has 0 atom stereocenters. The molecule has 2 aliphatic rings. The highest BCUT2D eigenvalue weighted by atomic mass is 16.4. The Morgan fingerprint density at radius 1 is 1.24 bits per heavy atom. The summed E-state index contributed by atoms with van der Waals surface area (Å²) in [5, 5.41) is 12.2. The third-order valence-electron chi connectivity index (χ3n) is 5.90. The van der Waals surface area contributed by atoms with E-state index in [1.54, 1.807) is 4.90 Å². The van der Waals surface area contributed by atoms with Gasteiger partial charge in [-0.15, -0.1) is 0 Å². The van der Waals surface area contributed by atoms with Crippen LogP contribution in [0.4, 0.5) is 4.79 Å². The molecule has 25 heavy (non-hydrogen) atoms. The highest BCUT2D eigenvalue weighted by Crippen LogP contribution is 2.40. The minimum absolute atomic E-state index is 0.0427. The molecule has 1 aliphatic heterocycles. The second-order valence-corrected chi connectivity index (χ2v) is 7.62. The number of aryl methyl sites for hydroxylation is 1. The van der Waals surface area contributed by atoms with Crippen LogP contribution in [0.3, 0.4) is 0 Å². The Kier molecular flexibility index (Phi) is 5.30. The maximum Gasteiger partial charge on any atom is 0.317 e. The molecule has 5 heteroatoms. The van der Waals surface area contributed by atoms with Gasteiger partial charge in [0.1, 0.15) is 0 Å². The van der Waals surface area contributed by atoms with Gasteiger partial charge in [0.25, 0.3) is 0 Å². The van der Waals surface area contributed by atoms with Crippen molar-refractivity contribution in [2.24, 2.45) is 5.92 Å². The Bertz CT molecular complexity index is 630. The molecule has 1 saturated carbocycles. The molecule has 2 N–H and O–H groups in total. The van der Waals surface area contributed by atoms with Gasteiger partial charge in [-0.2, -0.15) is 0 Å². The number of amides is 2. The first-order valence-electron chi connectivity index (χ1n) is 9.33. The van der Waals surface area contributed by atoms with E-state index in [-0.39, 0.29) is 17.4 Å². The number of nitrogens with one attached hydrogen (secondary N) is 1. The van der Waals surface area contributed by atoms with E-state index in [1.165, 1.54) is 24.0 Å². The van der Waals surface area contributed by atoms with Gasteiger partial charge in [0.15, 0.2) is 0 Å². The van der Waals surface area contributed by atoms with Crippen LogP contribution in [0.25, 0.3) is 0 Å². The predicted molar refractivity (Wildman–Crippen MR) is 96.7 cm³/mol. The van der Waals surface area contributed by atoms with Gasteiger partial charge in [0.2, 0.25) is 0 Å². The highest BCUT2D eigenvalue weighted by molar-refractivity contribution is 5.75. The maximum absolute atomic E-state index is 12.5. The summed E-state index contributed by atoms with van der Waals surface area (Å²) < 4.78 is 0. The van der Waals surface area contributed by atoms with Crippen molar-refractivity contribution >= 4 is 12.0 Å². The van der Waals surface area contributed by atoms with Crippen LogP contribution in [0.5, 0.6) is 0 Å². The third-order valence-corrected chi connectivity index (χ3v) is 5.90. The number of benzene rings is 1. The van der Waals surface area contributed by atoms with E-state index in [9.17, 15) is 9.59 Å². The molecule has 0 radical (unpaired) electrons. The lowest BCUT2D eigenvalue weighted by Gasteiger charge is -2.34. The van der Waals surface area contributed by atoms with Crippen molar-refractivity contribution in [1.82, 2.24) is 10.2 Å². The normalized spacial score (nSPS) is 20.4. The summed E-state index contributed by atoms with van der Waals surface area (Å²) in [6.07, 6.45) is 5.72. The quantitative estimate of drug-likeness (QED) is 0.880. The Morgan fingerprint density at radius 2 is 1.92 bits per heavy atom. The van der Waals surface area contributed by atoms with Gasteiger partial charge in [-0.3, -0.25) is 4.79 Å². The van der Waals surface area contributed by atoms with Crippen LogP contribution in [-0.2, 0) is 10.2 Å². The molecule has 1 aliphatic carbocycles. The second-order valence-electron chi connectivity index (χ2n) is 7.62. The molecule has 136 valence electrons. The van der Waals surface area contributed by atoms with Crippen molar-refractivity contribution < 1.29 is 14.7 Å². The zero-order chi connectivity index (χ0) is 17.9. The molecule has 5 nitrogen and oxygen atoms in total. The Labute approximate surface area is 149 Å². The second kappa shape index (κ2) is 7.46. The summed E-state index contributed by atoms with van der Waals surface area (Å²) in [4.78, 5) is 25.3. The monoisotopic (exact) mass is 344 g/mol. The fourth-order valence-corrected chi connectivity index (χ4v) is 4.28. The predicted octanol–water partition coefficient (Wildman–Crippen LogP) is 3.31. The molecule has 0 aromatic heterocycles.